The highest BCUT2D eigenvalue weighted by Gasteiger charge is 2.18. The number of rotatable bonds is 5. The molecule has 108 valence electrons. The lowest BCUT2D eigenvalue weighted by Gasteiger charge is -2.12. The van der Waals surface area contributed by atoms with E-state index in [0.29, 0.717) is 27.9 Å². The second-order valence-electron chi connectivity index (χ2n) is 4.40. The van der Waals surface area contributed by atoms with Crippen LogP contribution >= 0.6 is 23.2 Å². The number of ether oxygens (including phenoxy) is 1. The van der Waals surface area contributed by atoms with Crippen LogP contribution in [-0.2, 0) is 16.1 Å². The molecule has 0 spiro atoms. The second kappa shape index (κ2) is 5.99. The smallest absolute Gasteiger partial charge is 0.305 e. The first-order valence-electron chi connectivity index (χ1n) is 6.03. The highest BCUT2D eigenvalue weighted by molar-refractivity contribution is 6.42. The Morgan fingerprint density at radius 1 is 1.45 bits per heavy atom. The summed E-state index contributed by atoms with van der Waals surface area (Å²) >= 11 is 12.0. The molecule has 20 heavy (non-hydrogen) atoms. The first-order chi connectivity index (χ1) is 9.43. The second-order valence-corrected chi connectivity index (χ2v) is 5.21. The maximum absolute atomic E-state index is 10.8. The number of carboxylic acid groups (broad SMARTS) is 1. The van der Waals surface area contributed by atoms with Gasteiger partial charge in [-0.05, 0) is 19.1 Å². The van der Waals surface area contributed by atoms with Crippen molar-refractivity contribution in [1.82, 2.24) is 9.55 Å². The quantitative estimate of drug-likeness (QED) is 0.916. The van der Waals surface area contributed by atoms with E-state index in [1.165, 1.54) is 0 Å². The van der Waals surface area contributed by atoms with Crippen LogP contribution in [0, 0.1) is 0 Å². The van der Waals surface area contributed by atoms with E-state index in [-0.39, 0.29) is 12.5 Å². The molecule has 1 unspecified atom stereocenters. The van der Waals surface area contributed by atoms with Gasteiger partial charge in [-0.1, -0.05) is 23.2 Å². The van der Waals surface area contributed by atoms with E-state index in [0.717, 1.165) is 5.52 Å². The molecular formula is C13H14Cl2N2O3. The van der Waals surface area contributed by atoms with Crippen molar-refractivity contribution in [2.75, 3.05) is 7.11 Å². The topological polar surface area (TPSA) is 64.4 Å². The molecule has 5 nitrogen and oxygen atoms in total. The van der Waals surface area contributed by atoms with Gasteiger partial charge < -0.3 is 14.4 Å². The van der Waals surface area contributed by atoms with Crippen molar-refractivity contribution in [3.63, 3.8) is 0 Å². The Bertz CT molecular complexity index is 655. The van der Waals surface area contributed by atoms with Crippen LogP contribution in [0.25, 0.3) is 11.0 Å². The summed E-state index contributed by atoms with van der Waals surface area (Å²) < 4.78 is 7.08. The van der Waals surface area contributed by atoms with Gasteiger partial charge in [-0.25, -0.2) is 4.98 Å². The van der Waals surface area contributed by atoms with Gasteiger partial charge in [0.25, 0.3) is 0 Å². The number of nitrogens with zero attached hydrogens (tertiary/aromatic N) is 2. The van der Waals surface area contributed by atoms with E-state index in [1.54, 1.807) is 23.8 Å². The fourth-order valence-corrected chi connectivity index (χ4v) is 2.31. The Kier molecular flexibility index (Phi) is 4.52. The third kappa shape index (κ3) is 2.90. The molecule has 0 bridgehead atoms. The van der Waals surface area contributed by atoms with Crippen LogP contribution in [0.1, 0.15) is 25.3 Å². The van der Waals surface area contributed by atoms with Crippen LogP contribution in [0.2, 0.25) is 10.0 Å². The number of methoxy groups -OCH3 is 1. The zero-order chi connectivity index (χ0) is 14.9. The summed E-state index contributed by atoms with van der Waals surface area (Å²) in [6.07, 6.45) is -0.261. The maximum Gasteiger partial charge on any atom is 0.305 e. The number of hydrogen-bond donors (Lipinski definition) is 1. The SMILES string of the molecule is COC(C)c1nc2cc(Cl)c(Cl)cc2n1CCC(=O)O. The monoisotopic (exact) mass is 316 g/mol. The van der Waals surface area contributed by atoms with Crippen molar-refractivity contribution in [2.45, 2.75) is 26.0 Å². The van der Waals surface area contributed by atoms with E-state index in [1.807, 2.05) is 6.92 Å². The molecule has 0 aliphatic heterocycles. The molecule has 0 saturated carbocycles. The molecule has 2 rings (SSSR count). The van der Waals surface area contributed by atoms with Crippen LogP contribution < -0.4 is 0 Å². The zero-order valence-electron chi connectivity index (χ0n) is 11.1. The number of hydrogen-bond acceptors (Lipinski definition) is 3. The van der Waals surface area contributed by atoms with Crippen LogP contribution in [0.3, 0.4) is 0 Å². The Labute approximate surface area is 126 Å². The van der Waals surface area contributed by atoms with Gasteiger partial charge in [0.1, 0.15) is 11.9 Å². The minimum absolute atomic E-state index is 0.00482. The molecule has 1 aromatic heterocycles. The van der Waals surface area contributed by atoms with Crippen molar-refractivity contribution in [3.8, 4) is 0 Å². The molecule has 7 heteroatoms. The Morgan fingerprint density at radius 3 is 2.70 bits per heavy atom. The Hall–Kier alpha value is -1.30. The number of benzene rings is 1. The number of aliphatic carboxylic acids is 1. The molecule has 1 atom stereocenters. The maximum atomic E-state index is 10.8. The fourth-order valence-electron chi connectivity index (χ4n) is 2.00. The van der Waals surface area contributed by atoms with Gasteiger partial charge in [-0.2, -0.15) is 0 Å². The standard InChI is InChI=1S/C13H14Cl2N2O3/c1-7(20-2)13-16-10-5-8(14)9(15)6-11(10)17(13)4-3-12(18)19/h5-7H,3-4H2,1-2H3,(H,18,19). The van der Waals surface area contributed by atoms with E-state index in [9.17, 15) is 4.79 Å². The number of carbonyl (C=O) groups is 1. The number of carboxylic acids is 1. The third-order valence-electron chi connectivity index (χ3n) is 3.09. The molecule has 0 radical (unpaired) electrons. The lowest BCUT2D eigenvalue weighted by molar-refractivity contribution is -0.137. The Morgan fingerprint density at radius 2 is 2.10 bits per heavy atom. The number of imidazole rings is 1. The molecule has 1 N–H and O–H groups in total. The number of aryl methyl sites for hydroxylation is 1. The predicted octanol–water partition coefficient (Wildman–Crippen LogP) is 3.53. The van der Waals surface area contributed by atoms with Crippen LogP contribution in [-0.4, -0.2) is 27.7 Å². The van der Waals surface area contributed by atoms with Crippen LogP contribution in [0.15, 0.2) is 12.1 Å². The number of fused-ring (bicyclic) bond motifs is 1. The van der Waals surface area contributed by atoms with Crippen molar-refractivity contribution in [1.29, 1.82) is 0 Å². The minimum atomic E-state index is -0.872. The first-order valence-corrected chi connectivity index (χ1v) is 6.79. The first kappa shape index (κ1) is 15.1. The van der Waals surface area contributed by atoms with Gasteiger partial charge in [-0.15, -0.1) is 0 Å². The van der Waals surface area contributed by atoms with Crippen LogP contribution in [0.4, 0.5) is 0 Å². The molecule has 2 aromatic rings. The van der Waals surface area contributed by atoms with E-state index in [4.69, 9.17) is 33.0 Å². The molecule has 1 aromatic carbocycles. The van der Waals surface area contributed by atoms with E-state index in [2.05, 4.69) is 4.98 Å². The van der Waals surface area contributed by atoms with Crippen molar-refractivity contribution < 1.29 is 14.6 Å². The van der Waals surface area contributed by atoms with Gasteiger partial charge >= 0.3 is 5.97 Å². The van der Waals surface area contributed by atoms with Gasteiger partial charge in [0, 0.05) is 13.7 Å². The summed E-state index contributed by atoms with van der Waals surface area (Å²) in [6, 6.07) is 3.36. The van der Waals surface area contributed by atoms with Gasteiger partial charge in [0.05, 0.1) is 27.5 Å². The zero-order valence-corrected chi connectivity index (χ0v) is 12.6. The average molecular weight is 317 g/mol. The molecule has 0 saturated heterocycles. The highest BCUT2D eigenvalue weighted by Crippen LogP contribution is 2.30. The Balaban J connectivity index is 2.58. The third-order valence-corrected chi connectivity index (χ3v) is 3.81. The minimum Gasteiger partial charge on any atom is -0.481 e. The molecule has 0 fully saturated rings. The number of halogens is 2. The molecule has 0 aliphatic carbocycles. The van der Waals surface area contributed by atoms with Gasteiger partial charge in [0.15, 0.2) is 0 Å². The normalized spacial score (nSPS) is 12.8. The number of aromatic nitrogens is 2. The van der Waals surface area contributed by atoms with Crippen molar-refractivity contribution in [3.05, 3.63) is 28.0 Å². The average Bonchev–Trinajstić information content (AvgIpc) is 2.74. The summed E-state index contributed by atoms with van der Waals surface area (Å²) in [4.78, 5) is 15.3. The fraction of sp³-hybridized carbons (Fsp3) is 0.385. The lowest BCUT2D eigenvalue weighted by atomic mass is 10.3. The van der Waals surface area contributed by atoms with Crippen LogP contribution in [0.5, 0.6) is 0 Å². The largest absolute Gasteiger partial charge is 0.481 e. The summed E-state index contributed by atoms with van der Waals surface area (Å²) in [5, 5.41) is 9.68. The molecule has 1 heterocycles. The molecule has 0 amide bonds. The van der Waals surface area contributed by atoms with E-state index >= 15 is 0 Å². The molecule has 0 aliphatic rings. The predicted molar refractivity (Wildman–Crippen MR) is 77.4 cm³/mol. The highest BCUT2D eigenvalue weighted by atomic mass is 35.5. The van der Waals surface area contributed by atoms with Crippen molar-refractivity contribution in [2.24, 2.45) is 0 Å². The summed E-state index contributed by atoms with van der Waals surface area (Å²) in [5.41, 5.74) is 1.42. The summed E-state index contributed by atoms with van der Waals surface area (Å²) in [5.74, 6) is -0.218. The summed E-state index contributed by atoms with van der Waals surface area (Å²) in [6.45, 7) is 2.15. The molecular weight excluding hydrogens is 303 g/mol. The van der Waals surface area contributed by atoms with Gasteiger partial charge in [-0.3, -0.25) is 4.79 Å². The lowest BCUT2D eigenvalue weighted by Crippen LogP contribution is -2.11. The summed E-state index contributed by atoms with van der Waals surface area (Å²) in [7, 11) is 1.57. The van der Waals surface area contributed by atoms with Crippen molar-refractivity contribution >= 4 is 40.2 Å². The van der Waals surface area contributed by atoms with E-state index < -0.39 is 5.97 Å². The van der Waals surface area contributed by atoms with Gasteiger partial charge in [0.2, 0.25) is 0 Å².